The summed E-state index contributed by atoms with van der Waals surface area (Å²) < 4.78 is 0. The standard InChI is InChI=1S/C14H23N3/c1-10(2)17-8-4-5-12(15)14(17)13-7-6-11(3)9-16-13/h6-7,9-10,12,14H,4-5,8,15H2,1-3H3. The van der Waals surface area contributed by atoms with Gasteiger partial charge in [-0.3, -0.25) is 9.88 Å². The van der Waals surface area contributed by atoms with Crippen LogP contribution in [0.4, 0.5) is 0 Å². The Morgan fingerprint density at radius 2 is 2.18 bits per heavy atom. The summed E-state index contributed by atoms with van der Waals surface area (Å²) in [5, 5.41) is 0. The summed E-state index contributed by atoms with van der Waals surface area (Å²) in [7, 11) is 0. The Kier molecular flexibility index (Phi) is 3.79. The van der Waals surface area contributed by atoms with Gasteiger partial charge >= 0.3 is 0 Å². The third kappa shape index (κ3) is 2.67. The summed E-state index contributed by atoms with van der Waals surface area (Å²) in [6.45, 7) is 7.67. The highest BCUT2D eigenvalue weighted by atomic mass is 15.2. The Hall–Kier alpha value is -0.930. The Labute approximate surface area is 104 Å². The topological polar surface area (TPSA) is 42.1 Å². The minimum atomic E-state index is 0.210. The van der Waals surface area contributed by atoms with Crippen LogP contribution in [0.3, 0.4) is 0 Å². The number of nitrogens with two attached hydrogens (primary N) is 1. The van der Waals surface area contributed by atoms with E-state index in [1.807, 2.05) is 6.20 Å². The van der Waals surface area contributed by atoms with Gasteiger partial charge < -0.3 is 5.73 Å². The molecule has 3 nitrogen and oxygen atoms in total. The Bertz CT molecular complexity index is 358. The predicted octanol–water partition coefficient (Wildman–Crippen LogP) is 2.26. The molecule has 0 aliphatic carbocycles. The van der Waals surface area contributed by atoms with Crippen LogP contribution in [0.1, 0.15) is 44.0 Å². The molecule has 0 bridgehead atoms. The average molecular weight is 233 g/mol. The van der Waals surface area contributed by atoms with Crippen LogP contribution in [0, 0.1) is 6.92 Å². The smallest absolute Gasteiger partial charge is 0.0675 e. The van der Waals surface area contributed by atoms with Gasteiger partial charge in [-0.1, -0.05) is 6.07 Å². The van der Waals surface area contributed by atoms with E-state index in [0.29, 0.717) is 6.04 Å². The van der Waals surface area contributed by atoms with Gasteiger partial charge in [-0.05, 0) is 51.8 Å². The van der Waals surface area contributed by atoms with Crippen molar-refractivity contribution in [1.29, 1.82) is 0 Å². The maximum atomic E-state index is 6.30. The summed E-state index contributed by atoms with van der Waals surface area (Å²) in [6.07, 6.45) is 4.24. The molecule has 17 heavy (non-hydrogen) atoms. The van der Waals surface area contributed by atoms with Crippen LogP contribution in [0.15, 0.2) is 18.3 Å². The van der Waals surface area contributed by atoms with Crippen molar-refractivity contribution in [2.45, 2.75) is 51.7 Å². The molecule has 1 aliphatic heterocycles. The van der Waals surface area contributed by atoms with E-state index in [1.54, 1.807) is 0 Å². The number of aryl methyl sites for hydroxylation is 1. The second-order valence-corrected chi connectivity index (χ2v) is 5.34. The molecule has 2 atom stereocenters. The molecular weight excluding hydrogens is 210 g/mol. The summed E-state index contributed by atoms with van der Waals surface area (Å²) in [5.74, 6) is 0. The van der Waals surface area contributed by atoms with Crippen molar-refractivity contribution in [2.75, 3.05) is 6.54 Å². The highest BCUT2D eigenvalue weighted by molar-refractivity contribution is 5.17. The molecule has 3 heteroatoms. The Morgan fingerprint density at radius 1 is 1.41 bits per heavy atom. The van der Waals surface area contributed by atoms with Gasteiger partial charge in [0.15, 0.2) is 0 Å². The first-order valence-electron chi connectivity index (χ1n) is 6.53. The van der Waals surface area contributed by atoms with E-state index in [0.717, 1.165) is 18.7 Å². The van der Waals surface area contributed by atoms with E-state index in [9.17, 15) is 0 Å². The fourth-order valence-corrected chi connectivity index (χ4v) is 2.68. The van der Waals surface area contributed by atoms with E-state index in [2.05, 4.69) is 42.8 Å². The minimum absolute atomic E-state index is 0.210. The second-order valence-electron chi connectivity index (χ2n) is 5.34. The highest BCUT2D eigenvalue weighted by Gasteiger charge is 2.32. The normalized spacial score (nSPS) is 26.4. The number of hydrogen-bond donors (Lipinski definition) is 1. The van der Waals surface area contributed by atoms with Crippen LogP contribution in [-0.4, -0.2) is 28.5 Å². The van der Waals surface area contributed by atoms with E-state index >= 15 is 0 Å². The zero-order valence-electron chi connectivity index (χ0n) is 11.1. The quantitative estimate of drug-likeness (QED) is 0.852. The van der Waals surface area contributed by atoms with Gasteiger partial charge in [-0.25, -0.2) is 0 Å². The van der Waals surface area contributed by atoms with E-state index in [4.69, 9.17) is 5.73 Å². The van der Waals surface area contributed by atoms with Crippen LogP contribution in [-0.2, 0) is 0 Å². The van der Waals surface area contributed by atoms with Crippen molar-refractivity contribution in [1.82, 2.24) is 9.88 Å². The Balaban J connectivity index is 2.27. The van der Waals surface area contributed by atoms with Gasteiger partial charge in [-0.2, -0.15) is 0 Å². The number of nitrogens with zero attached hydrogens (tertiary/aromatic N) is 2. The SMILES string of the molecule is Cc1ccc(C2C(N)CCCN2C(C)C)nc1. The van der Waals surface area contributed by atoms with Crippen LogP contribution >= 0.6 is 0 Å². The number of likely N-dealkylation sites (tertiary alicyclic amines) is 1. The molecule has 0 spiro atoms. The van der Waals surface area contributed by atoms with Crippen molar-refractivity contribution in [3.05, 3.63) is 29.6 Å². The molecule has 94 valence electrons. The predicted molar refractivity (Wildman–Crippen MR) is 70.8 cm³/mol. The van der Waals surface area contributed by atoms with Crippen LogP contribution in [0.25, 0.3) is 0 Å². The summed E-state index contributed by atoms with van der Waals surface area (Å²) >= 11 is 0. The monoisotopic (exact) mass is 233 g/mol. The lowest BCUT2D eigenvalue weighted by molar-refractivity contribution is 0.0919. The zero-order chi connectivity index (χ0) is 12.4. The van der Waals surface area contributed by atoms with Crippen molar-refractivity contribution < 1.29 is 0 Å². The molecule has 1 aliphatic rings. The third-order valence-corrected chi connectivity index (χ3v) is 3.62. The molecule has 0 aromatic carbocycles. The van der Waals surface area contributed by atoms with Gasteiger partial charge in [-0.15, -0.1) is 0 Å². The molecule has 2 rings (SSSR count). The van der Waals surface area contributed by atoms with Gasteiger partial charge in [0.1, 0.15) is 0 Å². The zero-order valence-corrected chi connectivity index (χ0v) is 11.1. The lowest BCUT2D eigenvalue weighted by Crippen LogP contribution is -2.48. The number of hydrogen-bond acceptors (Lipinski definition) is 3. The number of rotatable bonds is 2. The van der Waals surface area contributed by atoms with Crippen molar-refractivity contribution in [3.8, 4) is 0 Å². The molecule has 2 N–H and O–H groups in total. The van der Waals surface area contributed by atoms with Crippen LogP contribution < -0.4 is 5.73 Å². The van der Waals surface area contributed by atoms with Crippen molar-refractivity contribution in [2.24, 2.45) is 5.73 Å². The average Bonchev–Trinajstić information content (AvgIpc) is 2.30. The first-order chi connectivity index (χ1) is 8.09. The van der Waals surface area contributed by atoms with Crippen LogP contribution in [0.2, 0.25) is 0 Å². The molecule has 0 amide bonds. The fraction of sp³-hybridized carbons (Fsp3) is 0.643. The van der Waals surface area contributed by atoms with E-state index in [1.165, 1.54) is 12.0 Å². The van der Waals surface area contributed by atoms with Gasteiger partial charge in [0.25, 0.3) is 0 Å². The summed E-state index contributed by atoms with van der Waals surface area (Å²) in [4.78, 5) is 7.04. The molecule has 1 aromatic rings. The molecule has 0 saturated carbocycles. The summed E-state index contributed by atoms with van der Waals surface area (Å²) in [5.41, 5.74) is 8.62. The molecular formula is C14H23N3. The molecule has 2 heterocycles. The highest BCUT2D eigenvalue weighted by Crippen LogP contribution is 2.30. The Morgan fingerprint density at radius 3 is 2.76 bits per heavy atom. The summed E-state index contributed by atoms with van der Waals surface area (Å²) in [6, 6.07) is 5.27. The molecule has 1 fully saturated rings. The maximum Gasteiger partial charge on any atom is 0.0675 e. The second kappa shape index (κ2) is 5.15. The fourth-order valence-electron chi connectivity index (χ4n) is 2.68. The largest absolute Gasteiger partial charge is 0.326 e. The van der Waals surface area contributed by atoms with Crippen LogP contribution in [0.5, 0.6) is 0 Å². The first-order valence-corrected chi connectivity index (χ1v) is 6.53. The first kappa shape index (κ1) is 12.5. The molecule has 0 radical (unpaired) electrons. The molecule has 1 aromatic heterocycles. The number of aromatic nitrogens is 1. The molecule has 1 saturated heterocycles. The lowest BCUT2D eigenvalue weighted by atomic mass is 9.92. The molecule has 2 unspecified atom stereocenters. The maximum absolute atomic E-state index is 6.30. The van der Waals surface area contributed by atoms with Gasteiger partial charge in [0.05, 0.1) is 11.7 Å². The number of pyridine rings is 1. The minimum Gasteiger partial charge on any atom is -0.326 e. The van der Waals surface area contributed by atoms with Crippen molar-refractivity contribution in [3.63, 3.8) is 0 Å². The van der Waals surface area contributed by atoms with E-state index in [-0.39, 0.29) is 12.1 Å². The van der Waals surface area contributed by atoms with E-state index < -0.39 is 0 Å². The lowest BCUT2D eigenvalue weighted by Gasteiger charge is -2.41. The third-order valence-electron chi connectivity index (χ3n) is 3.62. The van der Waals surface area contributed by atoms with Crippen molar-refractivity contribution >= 4 is 0 Å². The van der Waals surface area contributed by atoms with Gasteiger partial charge in [0, 0.05) is 18.3 Å². The number of piperidine rings is 1. The van der Waals surface area contributed by atoms with Gasteiger partial charge in [0.2, 0.25) is 0 Å².